The van der Waals surface area contributed by atoms with E-state index in [1.54, 1.807) is 13.8 Å². The summed E-state index contributed by atoms with van der Waals surface area (Å²) in [6.07, 6.45) is 8.80. The number of nitrogens with one attached hydrogen (secondary N) is 8. The number of rotatable bonds is 30. The maximum Gasteiger partial charge on any atom is 0.326 e. The second kappa shape index (κ2) is 31.0. The van der Waals surface area contributed by atoms with Crippen molar-refractivity contribution in [3.8, 4) is 0 Å². The Bertz CT molecular complexity index is 2080. The van der Waals surface area contributed by atoms with E-state index in [2.05, 4.69) is 47.2 Å². The number of likely N-dealkylation sites (N-methyl/N-ethyl adjacent to an activating group) is 1. The van der Waals surface area contributed by atoms with Crippen LogP contribution in [-0.4, -0.2) is 175 Å². The molecule has 9 amide bonds. The van der Waals surface area contributed by atoms with Crippen LogP contribution in [0.15, 0.2) is 12.5 Å². The number of imidazole rings is 1. The summed E-state index contributed by atoms with van der Waals surface area (Å²) in [5.74, 6) is -10.1. The number of aromatic amines is 1. The van der Waals surface area contributed by atoms with Gasteiger partial charge in [0.1, 0.15) is 48.3 Å². The number of carboxylic acid groups (broad SMARTS) is 1. The van der Waals surface area contributed by atoms with E-state index in [0.29, 0.717) is 48.6 Å². The van der Waals surface area contributed by atoms with E-state index >= 15 is 0 Å². The molecule has 1 aromatic heterocycles. The highest BCUT2D eigenvalue weighted by Gasteiger charge is 2.38. The van der Waals surface area contributed by atoms with Crippen LogP contribution in [0.25, 0.3) is 0 Å². The van der Waals surface area contributed by atoms with Gasteiger partial charge < -0.3 is 79.0 Å². The Balaban J connectivity index is 1.83. The van der Waals surface area contributed by atoms with Crippen LogP contribution in [0.5, 0.6) is 0 Å². The molecule has 1 heterocycles. The quantitative estimate of drug-likeness (QED) is 0.0367. The van der Waals surface area contributed by atoms with Gasteiger partial charge in [0, 0.05) is 31.8 Å². The smallest absolute Gasteiger partial charge is 0.326 e. The molecule has 9 unspecified atom stereocenters. The first-order chi connectivity index (χ1) is 35.4. The molecule has 422 valence electrons. The molecule has 2 aliphatic rings. The van der Waals surface area contributed by atoms with Crippen LogP contribution < -0.4 is 48.7 Å². The van der Waals surface area contributed by atoms with Crippen molar-refractivity contribution in [2.24, 2.45) is 35.1 Å². The van der Waals surface area contributed by atoms with Crippen molar-refractivity contribution in [1.82, 2.24) is 52.1 Å². The van der Waals surface area contributed by atoms with Gasteiger partial charge in [0.15, 0.2) is 0 Å². The molecular formula is C49H82N12O14. The summed E-state index contributed by atoms with van der Waals surface area (Å²) in [5, 5.41) is 57.5. The molecule has 0 spiro atoms. The SMILES string of the molecule is CC(NC(=O)C(CCC(N)=O)NC(=O)C(CC1CCC(O)CC1)NC(=O)C(Cc1cnc[nH]1)NC(=O)C(NC(=O)C(N)CC1CCCCC1)C(C)C)C(=O)NC(CO)C(=O)N(C)C(CO)C(=O)NC(C(=O)O)C(C)C. The predicted octanol–water partition coefficient (Wildman–Crippen LogP) is -2.92. The highest BCUT2D eigenvalue weighted by atomic mass is 16.4. The molecule has 2 fully saturated rings. The first-order valence-corrected chi connectivity index (χ1v) is 25.9. The van der Waals surface area contributed by atoms with Crippen LogP contribution >= 0.6 is 0 Å². The number of aliphatic carboxylic acids is 1. The van der Waals surface area contributed by atoms with Gasteiger partial charge in [0.2, 0.25) is 53.2 Å². The molecule has 0 aromatic carbocycles. The van der Waals surface area contributed by atoms with Gasteiger partial charge in [-0.05, 0) is 75.5 Å². The number of amides is 9. The summed E-state index contributed by atoms with van der Waals surface area (Å²) < 4.78 is 0. The van der Waals surface area contributed by atoms with Crippen LogP contribution in [0.2, 0.25) is 0 Å². The lowest BCUT2D eigenvalue weighted by molar-refractivity contribution is -0.147. The van der Waals surface area contributed by atoms with E-state index in [4.69, 9.17) is 11.5 Å². The molecule has 75 heavy (non-hydrogen) atoms. The fourth-order valence-corrected chi connectivity index (χ4v) is 9.22. The van der Waals surface area contributed by atoms with Crippen LogP contribution in [0.3, 0.4) is 0 Å². The number of aliphatic hydroxyl groups excluding tert-OH is 3. The number of carboxylic acids is 1. The van der Waals surface area contributed by atoms with E-state index in [1.807, 2.05) is 0 Å². The fourth-order valence-electron chi connectivity index (χ4n) is 9.22. The number of nitrogens with two attached hydrogens (primary N) is 2. The number of primary amides is 1. The molecule has 26 nitrogen and oxygen atoms in total. The minimum Gasteiger partial charge on any atom is -0.480 e. The van der Waals surface area contributed by atoms with Gasteiger partial charge in [0.25, 0.3) is 0 Å². The Labute approximate surface area is 437 Å². The Morgan fingerprint density at radius 2 is 1.20 bits per heavy atom. The van der Waals surface area contributed by atoms with Crippen molar-refractivity contribution >= 4 is 59.1 Å². The second-order valence-corrected chi connectivity index (χ2v) is 20.6. The van der Waals surface area contributed by atoms with Gasteiger partial charge >= 0.3 is 5.97 Å². The molecule has 1 aromatic rings. The van der Waals surface area contributed by atoms with Crippen molar-refractivity contribution < 1.29 is 68.4 Å². The lowest BCUT2D eigenvalue weighted by Crippen LogP contribution is -2.61. The van der Waals surface area contributed by atoms with Crippen molar-refractivity contribution in [2.45, 2.75) is 185 Å². The van der Waals surface area contributed by atoms with Crippen LogP contribution in [-0.2, 0) is 54.4 Å². The zero-order chi connectivity index (χ0) is 56.1. The molecule has 0 saturated heterocycles. The van der Waals surface area contributed by atoms with E-state index in [1.165, 1.54) is 33.3 Å². The van der Waals surface area contributed by atoms with E-state index < -0.39 is 151 Å². The molecular weight excluding hydrogens is 981 g/mol. The van der Waals surface area contributed by atoms with E-state index in [-0.39, 0.29) is 25.2 Å². The topological polar surface area (TPSA) is 420 Å². The third-order valence-electron chi connectivity index (χ3n) is 13.9. The number of hydrogen-bond acceptors (Lipinski definition) is 15. The van der Waals surface area contributed by atoms with Crippen LogP contribution in [0.4, 0.5) is 0 Å². The summed E-state index contributed by atoms with van der Waals surface area (Å²) in [4.78, 5) is 141. The number of H-pyrrole nitrogens is 1. The van der Waals surface area contributed by atoms with Crippen molar-refractivity contribution in [1.29, 1.82) is 0 Å². The van der Waals surface area contributed by atoms with Crippen LogP contribution in [0.1, 0.15) is 124 Å². The highest BCUT2D eigenvalue weighted by Crippen LogP contribution is 2.29. The van der Waals surface area contributed by atoms with Crippen molar-refractivity contribution in [3.63, 3.8) is 0 Å². The fraction of sp³-hybridized carbons (Fsp3) is 0.735. The summed E-state index contributed by atoms with van der Waals surface area (Å²) >= 11 is 0. The summed E-state index contributed by atoms with van der Waals surface area (Å²) in [6, 6.07) is -12.5. The summed E-state index contributed by atoms with van der Waals surface area (Å²) in [6.45, 7) is 5.75. The molecule has 0 bridgehead atoms. The summed E-state index contributed by atoms with van der Waals surface area (Å²) in [5.41, 5.74) is 12.2. The number of hydrogen-bond donors (Lipinski definition) is 14. The molecule has 2 saturated carbocycles. The Morgan fingerprint density at radius 1 is 0.653 bits per heavy atom. The third-order valence-corrected chi connectivity index (χ3v) is 13.9. The van der Waals surface area contributed by atoms with Gasteiger partial charge in [-0.2, -0.15) is 0 Å². The standard InChI is InChI=1S/C49H82N12O14/c1-25(2)39(59-42(67)32(50)18-28-10-8-7-9-11-28)47(72)57-35(20-30-21-52-24-53-30)45(70)56-34(19-29-12-14-31(64)15-13-29)44(69)55-33(16-17-38(51)65)43(68)54-27(5)41(66)58-36(22-62)48(73)61(6)37(23-63)46(71)60-40(26(3)4)49(74)75/h21,24-29,31-37,39-40,62-64H,7-20,22-23,50H2,1-6H3,(H2,51,65)(H,52,53)(H,54,68)(H,55,69)(H,56,70)(H,57,72)(H,58,66)(H,59,67)(H,60,71)(H,74,75). The zero-order valence-electron chi connectivity index (χ0n) is 44.0. The van der Waals surface area contributed by atoms with Gasteiger partial charge in [-0.25, -0.2) is 9.78 Å². The first kappa shape index (κ1) is 63.0. The van der Waals surface area contributed by atoms with Gasteiger partial charge in [-0.1, -0.05) is 59.8 Å². The Hall–Kier alpha value is -6.25. The van der Waals surface area contributed by atoms with Crippen LogP contribution in [0, 0.1) is 23.7 Å². The minimum absolute atomic E-state index is 0.0171. The molecule has 3 rings (SSSR count). The molecule has 9 atom stereocenters. The normalized spacial score (nSPS) is 19.6. The minimum atomic E-state index is -1.73. The first-order valence-electron chi connectivity index (χ1n) is 25.9. The maximum atomic E-state index is 14.4. The molecule has 16 N–H and O–H groups in total. The van der Waals surface area contributed by atoms with Gasteiger partial charge in [0.05, 0.1) is 31.7 Å². The zero-order valence-corrected chi connectivity index (χ0v) is 44.0. The lowest BCUT2D eigenvalue weighted by Gasteiger charge is -2.31. The number of aromatic nitrogens is 2. The number of nitrogens with zero attached hydrogens (tertiary/aromatic N) is 2. The predicted molar refractivity (Wildman–Crippen MR) is 270 cm³/mol. The highest BCUT2D eigenvalue weighted by molar-refractivity contribution is 5.98. The molecule has 2 aliphatic carbocycles. The number of aliphatic hydroxyl groups is 3. The van der Waals surface area contributed by atoms with Gasteiger partial charge in [-0.3, -0.25) is 43.2 Å². The maximum absolute atomic E-state index is 14.4. The lowest BCUT2D eigenvalue weighted by atomic mass is 9.83. The van der Waals surface area contributed by atoms with Crippen molar-refractivity contribution in [2.75, 3.05) is 20.3 Å². The second-order valence-electron chi connectivity index (χ2n) is 20.6. The molecule has 26 heteroatoms. The van der Waals surface area contributed by atoms with E-state index in [0.717, 1.165) is 39.2 Å². The van der Waals surface area contributed by atoms with E-state index in [9.17, 15) is 68.4 Å². The van der Waals surface area contributed by atoms with Gasteiger partial charge in [-0.15, -0.1) is 0 Å². The Morgan fingerprint density at radius 3 is 1.75 bits per heavy atom. The Kier molecular flexibility index (Phi) is 26.0. The largest absolute Gasteiger partial charge is 0.480 e. The molecule has 0 radical (unpaired) electrons. The average Bonchev–Trinajstić information content (AvgIpc) is 3.88. The third kappa shape index (κ3) is 20.4. The number of carbonyl (C=O) groups is 10. The molecule has 0 aliphatic heterocycles. The monoisotopic (exact) mass is 1060 g/mol. The average molecular weight is 1060 g/mol. The van der Waals surface area contributed by atoms with Crippen molar-refractivity contribution in [3.05, 3.63) is 18.2 Å². The number of carbonyl (C=O) groups excluding carboxylic acids is 9. The summed E-state index contributed by atoms with van der Waals surface area (Å²) in [7, 11) is 1.09.